The first-order chi connectivity index (χ1) is 17.9. The Balaban J connectivity index is 1.22. The highest BCUT2D eigenvalue weighted by Gasteiger charge is 2.23. The SMILES string of the molecule is COC(=O)c1ccccc1NC(=O)N1CCN(Cc2cc(=O)n3nc(-c4ccc(C)cc4)sc3n2)CC1. The van der Waals surface area contributed by atoms with E-state index >= 15 is 0 Å². The minimum absolute atomic E-state index is 0.211. The molecule has 4 aromatic rings. The Labute approximate surface area is 217 Å². The number of urea groups is 1. The number of hydrogen-bond acceptors (Lipinski definition) is 8. The van der Waals surface area contributed by atoms with Crippen LogP contribution in [0.4, 0.5) is 10.5 Å². The number of aryl methyl sites for hydroxylation is 1. The Hall–Kier alpha value is -4.09. The Kier molecular flexibility index (Phi) is 6.97. The number of nitrogens with one attached hydrogen (secondary N) is 1. The number of methoxy groups -OCH3 is 1. The van der Waals surface area contributed by atoms with Crippen LogP contribution in [0.1, 0.15) is 21.6 Å². The number of carbonyl (C=O) groups is 2. The number of aromatic nitrogens is 3. The van der Waals surface area contributed by atoms with Crippen molar-refractivity contribution in [3.8, 4) is 10.6 Å². The third kappa shape index (κ3) is 5.37. The normalized spacial score (nSPS) is 14.1. The lowest BCUT2D eigenvalue weighted by Crippen LogP contribution is -2.49. The van der Waals surface area contributed by atoms with E-state index in [0.29, 0.717) is 54.6 Å². The van der Waals surface area contributed by atoms with Crippen LogP contribution in [0.2, 0.25) is 0 Å². The van der Waals surface area contributed by atoms with E-state index in [9.17, 15) is 14.4 Å². The number of benzene rings is 2. The van der Waals surface area contributed by atoms with Crippen molar-refractivity contribution >= 4 is 34.0 Å². The molecule has 0 bridgehead atoms. The topological polar surface area (TPSA) is 109 Å². The number of amides is 2. The van der Waals surface area contributed by atoms with Gasteiger partial charge in [-0.05, 0) is 19.1 Å². The second kappa shape index (κ2) is 10.5. The molecule has 190 valence electrons. The smallest absolute Gasteiger partial charge is 0.339 e. The second-order valence-electron chi connectivity index (χ2n) is 8.78. The second-order valence-corrected chi connectivity index (χ2v) is 9.74. The lowest BCUT2D eigenvalue weighted by molar-refractivity contribution is 0.0602. The van der Waals surface area contributed by atoms with Crippen LogP contribution in [0, 0.1) is 6.92 Å². The largest absolute Gasteiger partial charge is 0.465 e. The lowest BCUT2D eigenvalue weighted by atomic mass is 10.2. The first-order valence-corrected chi connectivity index (χ1v) is 12.7. The van der Waals surface area contributed by atoms with Gasteiger partial charge in [-0.1, -0.05) is 53.3 Å². The van der Waals surface area contributed by atoms with Crippen LogP contribution in [0.15, 0.2) is 59.4 Å². The van der Waals surface area contributed by atoms with E-state index in [1.54, 1.807) is 29.2 Å². The number of nitrogens with zero attached hydrogens (tertiary/aromatic N) is 5. The fourth-order valence-electron chi connectivity index (χ4n) is 4.16. The van der Waals surface area contributed by atoms with E-state index in [-0.39, 0.29) is 11.6 Å². The zero-order chi connectivity index (χ0) is 25.9. The van der Waals surface area contributed by atoms with E-state index < -0.39 is 5.97 Å². The highest BCUT2D eigenvalue weighted by atomic mass is 32.1. The number of hydrogen-bond donors (Lipinski definition) is 1. The molecule has 11 heteroatoms. The van der Waals surface area contributed by atoms with Crippen LogP contribution >= 0.6 is 11.3 Å². The number of ether oxygens (including phenoxy) is 1. The number of esters is 1. The molecule has 1 saturated heterocycles. The summed E-state index contributed by atoms with van der Waals surface area (Å²) in [5, 5.41) is 8.01. The summed E-state index contributed by atoms with van der Waals surface area (Å²) in [6.45, 7) is 4.80. The molecule has 10 nitrogen and oxygen atoms in total. The summed E-state index contributed by atoms with van der Waals surface area (Å²) >= 11 is 1.38. The van der Waals surface area contributed by atoms with E-state index in [0.717, 1.165) is 16.1 Å². The van der Waals surface area contributed by atoms with Gasteiger partial charge in [0.05, 0.1) is 24.1 Å². The molecule has 5 rings (SSSR count). The van der Waals surface area contributed by atoms with Crippen LogP contribution in [0.3, 0.4) is 0 Å². The van der Waals surface area contributed by atoms with Gasteiger partial charge in [0.15, 0.2) is 0 Å². The summed E-state index contributed by atoms with van der Waals surface area (Å²) in [5.74, 6) is -0.506. The number of rotatable bonds is 5. The van der Waals surface area contributed by atoms with Gasteiger partial charge in [0.2, 0.25) is 4.96 Å². The highest BCUT2D eigenvalue weighted by Crippen LogP contribution is 2.25. The van der Waals surface area contributed by atoms with Gasteiger partial charge in [0, 0.05) is 44.4 Å². The molecule has 0 atom stereocenters. The van der Waals surface area contributed by atoms with Gasteiger partial charge in [-0.25, -0.2) is 14.6 Å². The number of piperazine rings is 1. The van der Waals surface area contributed by atoms with Gasteiger partial charge in [0.1, 0.15) is 5.01 Å². The van der Waals surface area contributed by atoms with Crippen LogP contribution in [0.5, 0.6) is 0 Å². The molecule has 0 saturated carbocycles. The van der Waals surface area contributed by atoms with Crippen molar-refractivity contribution < 1.29 is 14.3 Å². The Morgan fingerprint density at radius 2 is 1.78 bits per heavy atom. The third-order valence-electron chi connectivity index (χ3n) is 6.22. The number of para-hydroxylation sites is 1. The van der Waals surface area contributed by atoms with Crippen LogP contribution in [0.25, 0.3) is 15.5 Å². The molecule has 0 unspecified atom stereocenters. The minimum atomic E-state index is -0.506. The van der Waals surface area contributed by atoms with Crippen molar-refractivity contribution in [2.45, 2.75) is 13.5 Å². The van der Waals surface area contributed by atoms with E-state index in [2.05, 4.69) is 20.3 Å². The van der Waals surface area contributed by atoms with Gasteiger partial charge in [-0.15, -0.1) is 0 Å². The molecule has 1 N–H and O–H groups in total. The first-order valence-electron chi connectivity index (χ1n) is 11.8. The molecule has 0 aliphatic carbocycles. The average Bonchev–Trinajstić information content (AvgIpc) is 3.34. The van der Waals surface area contributed by atoms with Crippen molar-refractivity contribution in [2.24, 2.45) is 0 Å². The molecule has 2 amide bonds. The maximum absolute atomic E-state index is 12.8. The monoisotopic (exact) mass is 518 g/mol. The molecular weight excluding hydrogens is 492 g/mol. The quantitative estimate of drug-likeness (QED) is 0.404. The van der Waals surface area contributed by atoms with Crippen molar-refractivity contribution in [3.63, 3.8) is 0 Å². The van der Waals surface area contributed by atoms with E-state index in [1.807, 2.05) is 31.2 Å². The average molecular weight is 519 g/mol. The predicted octanol–water partition coefficient (Wildman–Crippen LogP) is 3.26. The molecule has 2 aromatic heterocycles. The summed E-state index contributed by atoms with van der Waals surface area (Å²) in [4.78, 5) is 46.6. The van der Waals surface area contributed by atoms with Crippen molar-refractivity contribution in [1.82, 2.24) is 24.4 Å². The van der Waals surface area contributed by atoms with E-state index in [4.69, 9.17) is 4.74 Å². The zero-order valence-corrected chi connectivity index (χ0v) is 21.3. The standard InChI is InChI=1S/C26H26N6O4S/c1-17-7-9-18(10-8-17)23-29-32-22(33)15-19(27-26(32)37-23)16-30-11-13-31(14-12-30)25(35)28-21-6-4-3-5-20(21)24(34)36-2/h3-10,15H,11-14,16H2,1-2H3,(H,28,35). The maximum Gasteiger partial charge on any atom is 0.339 e. The highest BCUT2D eigenvalue weighted by molar-refractivity contribution is 7.19. The number of anilines is 1. The molecule has 1 aliphatic rings. The van der Waals surface area contributed by atoms with E-state index in [1.165, 1.54) is 29.0 Å². The zero-order valence-electron chi connectivity index (χ0n) is 20.5. The molecular formula is C26H26N6O4S. The summed E-state index contributed by atoms with van der Waals surface area (Å²) < 4.78 is 6.14. The fourth-order valence-corrected chi connectivity index (χ4v) is 5.09. The van der Waals surface area contributed by atoms with Gasteiger partial charge in [-0.2, -0.15) is 9.61 Å². The maximum atomic E-state index is 12.8. The molecule has 0 spiro atoms. The fraction of sp³-hybridized carbons (Fsp3) is 0.269. The van der Waals surface area contributed by atoms with Crippen LogP contribution in [-0.2, 0) is 11.3 Å². The third-order valence-corrected chi connectivity index (χ3v) is 7.17. The minimum Gasteiger partial charge on any atom is -0.465 e. The molecule has 2 aromatic carbocycles. The van der Waals surface area contributed by atoms with Crippen LogP contribution < -0.4 is 10.9 Å². The molecule has 0 radical (unpaired) electrons. The molecule has 37 heavy (non-hydrogen) atoms. The molecule has 1 fully saturated rings. The van der Waals surface area contributed by atoms with Crippen molar-refractivity contribution in [1.29, 1.82) is 0 Å². The number of carbonyl (C=O) groups excluding carboxylic acids is 2. The summed E-state index contributed by atoms with van der Waals surface area (Å²) in [6, 6.07) is 16.0. The lowest BCUT2D eigenvalue weighted by Gasteiger charge is -2.34. The van der Waals surface area contributed by atoms with Gasteiger partial charge >= 0.3 is 12.0 Å². The summed E-state index contributed by atoms with van der Waals surface area (Å²) in [7, 11) is 1.30. The first kappa shape index (κ1) is 24.6. The van der Waals surface area contributed by atoms with Gasteiger partial charge in [-0.3, -0.25) is 9.69 Å². The summed E-state index contributed by atoms with van der Waals surface area (Å²) in [5.41, 5.74) is 3.29. The predicted molar refractivity (Wildman–Crippen MR) is 141 cm³/mol. The van der Waals surface area contributed by atoms with Crippen molar-refractivity contribution in [2.75, 3.05) is 38.6 Å². The number of fused-ring (bicyclic) bond motifs is 1. The molecule has 1 aliphatic heterocycles. The van der Waals surface area contributed by atoms with Gasteiger partial charge < -0.3 is 15.0 Å². The Bertz CT molecular complexity index is 1510. The Morgan fingerprint density at radius 3 is 2.51 bits per heavy atom. The molecule has 3 heterocycles. The van der Waals surface area contributed by atoms with Crippen LogP contribution in [-0.4, -0.2) is 69.7 Å². The van der Waals surface area contributed by atoms with Crippen molar-refractivity contribution in [3.05, 3.63) is 81.8 Å². The summed E-state index contributed by atoms with van der Waals surface area (Å²) in [6.07, 6.45) is 0. The van der Waals surface area contributed by atoms with Gasteiger partial charge in [0.25, 0.3) is 5.56 Å². The Morgan fingerprint density at radius 1 is 1.05 bits per heavy atom.